The normalized spacial score (nSPS) is 9.90. The SMILES string of the molecule is CCCOc1ccc(NC(=O)NCCC(=O)O)cc1Cl. The number of benzene rings is 1. The number of anilines is 1. The molecule has 110 valence electrons. The topological polar surface area (TPSA) is 87.7 Å². The third kappa shape index (κ3) is 5.79. The standard InChI is InChI=1S/C13H17ClN2O4/c1-2-7-20-11-4-3-9(8-10(11)14)16-13(19)15-6-5-12(17)18/h3-4,8H,2,5-7H2,1H3,(H,17,18)(H2,15,16,19). The summed E-state index contributed by atoms with van der Waals surface area (Å²) < 4.78 is 5.41. The van der Waals surface area contributed by atoms with Gasteiger partial charge in [-0.05, 0) is 24.6 Å². The third-order valence-electron chi connectivity index (χ3n) is 2.28. The van der Waals surface area contributed by atoms with E-state index in [1.165, 1.54) is 0 Å². The first-order valence-electron chi connectivity index (χ1n) is 6.22. The average Bonchev–Trinajstić information content (AvgIpc) is 2.37. The molecule has 0 saturated carbocycles. The van der Waals surface area contributed by atoms with E-state index in [0.717, 1.165) is 6.42 Å². The van der Waals surface area contributed by atoms with E-state index in [2.05, 4.69) is 10.6 Å². The number of aliphatic carboxylic acids is 1. The molecular weight excluding hydrogens is 284 g/mol. The van der Waals surface area contributed by atoms with E-state index < -0.39 is 12.0 Å². The molecule has 0 radical (unpaired) electrons. The van der Waals surface area contributed by atoms with Gasteiger partial charge in [0.2, 0.25) is 0 Å². The first-order chi connectivity index (χ1) is 9.52. The van der Waals surface area contributed by atoms with Gasteiger partial charge >= 0.3 is 12.0 Å². The lowest BCUT2D eigenvalue weighted by molar-refractivity contribution is -0.136. The summed E-state index contributed by atoms with van der Waals surface area (Å²) in [7, 11) is 0. The second-order valence-corrected chi connectivity index (χ2v) is 4.43. The van der Waals surface area contributed by atoms with E-state index in [4.69, 9.17) is 21.4 Å². The summed E-state index contributed by atoms with van der Waals surface area (Å²) in [5.41, 5.74) is 0.506. The third-order valence-corrected chi connectivity index (χ3v) is 2.57. The number of amides is 2. The van der Waals surface area contributed by atoms with E-state index in [0.29, 0.717) is 23.1 Å². The fourth-order valence-electron chi connectivity index (χ4n) is 1.37. The molecular formula is C13H17ClN2O4. The number of ether oxygens (including phenoxy) is 1. The second-order valence-electron chi connectivity index (χ2n) is 4.02. The van der Waals surface area contributed by atoms with Crippen LogP contribution in [0, 0.1) is 0 Å². The lowest BCUT2D eigenvalue weighted by Crippen LogP contribution is -2.30. The van der Waals surface area contributed by atoms with E-state index in [1.54, 1.807) is 18.2 Å². The first-order valence-corrected chi connectivity index (χ1v) is 6.59. The van der Waals surface area contributed by atoms with Crippen molar-refractivity contribution in [2.45, 2.75) is 19.8 Å². The number of carboxylic acid groups (broad SMARTS) is 1. The van der Waals surface area contributed by atoms with Crippen molar-refractivity contribution in [2.75, 3.05) is 18.5 Å². The molecule has 0 aromatic heterocycles. The predicted molar refractivity (Wildman–Crippen MR) is 76.5 cm³/mol. The highest BCUT2D eigenvalue weighted by Gasteiger charge is 2.06. The van der Waals surface area contributed by atoms with Gasteiger partial charge in [0.1, 0.15) is 5.75 Å². The Hall–Kier alpha value is -1.95. The summed E-state index contributed by atoms with van der Waals surface area (Å²) >= 11 is 6.02. The van der Waals surface area contributed by atoms with Gasteiger partial charge in [-0.15, -0.1) is 0 Å². The average molecular weight is 301 g/mol. The number of urea groups is 1. The summed E-state index contributed by atoms with van der Waals surface area (Å²) in [6.07, 6.45) is 0.750. The van der Waals surface area contributed by atoms with Crippen LogP contribution in [0.3, 0.4) is 0 Å². The van der Waals surface area contributed by atoms with Crippen LogP contribution in [0.15, 0.2) is 18.2 Å². The van der Waals surface area contributed by atoms with Crippen LogP contribution in [0.25, 0.3) is 0 Å². The van der Waals surface area contributed by atoms with Crippen LogP contribution >= 0.6 is 11.6 Å². The molecule has 0 aliphatic rings. The number of hydrogen-bond donors (Lipinski definition) is 3. The lowest BCUT2D eigenvalue weighted by atomic mass is 10.3. The van der Waals surface area contributed by atoms with E-state index in [9.17, 15) is 9.59 Å². The van der Waals surface area contributed by atoms with Gasteiger partial charge in [-0.25, -0.2) is 4.79 Å². The molecule has 0 spiro atoms. The van der Waals surface area contributed by atoms with Crippen molar-refractivity contribution in [2.24, 2.45) is 0 Å². The van der Waals surface area contributed by atoms with Crippen molar-refractivity contribution in [1.82, 2.24) is 5.32 Å². The molecule has 2 amide bonds. The zero-order valence-electron chi connectivity index (χ0n) is 11.1. The van der Waals surface area contributed by atoms with Crippen LogP contribution in [-0.2, 0) is 4.79 Å². The number of carbonyl (C=O) groups excluding carboxylic acids is 1. The van der Waals surface area contributed by atoms with E-state index >= 15 is 0 Å². The lowest BCUT2D eigenvalue weighted by Gasteiger charge is -2.10. The maximum absolute atomic E-state index is 11.5. The van der Waals surface area contributed by atoms with Gasteiger partial charge < -0.3 is 20.5 Å². The number of carboxylic acids is 1. The number of hydrogen-bond acceptors (Lipinski definition) is 3. The molecule has 0 unspecified atom stereocenters. The molecule has 20 heavy (non-hydrogen) atoms. The Morgan fingerprint density at radius 2 is 2.15 bits per heavy atom. The molecule has 0 aliphatic heterocycles. The summed E-state index contributed by atoms with van der Waals surface area (Å²) in [5, 5.41) is 13.8. The fourth-order valence-corrected chi connectivity index (χ4v) is 1.60. The molecule has 0 atom stereocenters. The monoisotopic (exact) mass is 300 g/mol. The van der Waals surface area contributed by atoms with Gasteiger partial charge in [-0.1, -0.05) is 18.5 Å². The zero-order chi connectivity index (χ0) is 15.0. The van der Waals surface area contributed by atoms with Gasteiger partial charge in [-0.3, -0.25) is 4.79 Å². The molecule has 0 saturated heterocycles. The van der Waals surface area contributed by atoms with Gasteiger partial charge in [0.15, 0.2) is 0 Å². The summed E-state index contributed by atoms with van der Waals surface area (Å²) in [6.45, 7) is 2.63. The van der Waals surface area contributed by atoms with Crippen LogP contribution in [0.4, 0.5) is 10.5 Å². The molecule has 0 fully saturated rings. The van der Waals surface area contributed by atoms with Crippen molar-refractivity contribution in [3.05, 3.63) is 23.2 Å². The zero-order valence-corrected chi connectivity index (χ0v) is 11.9. The molecule has 6 nitrogen and oxygen atoms in total. The molecule has 1 rings (SSSR count). The molecule has 0 aliphatic carbocycles. The van der Waals surface area contributed by atoms with Gasteiger partial charge in [-0.2, -0.15) is 0 Å². The number of carbonyl (C=O) groups is 2. The van der Waals surface area contributed by atoms with Crippen LogP contribution < -0.4 is 15.4 Å². The fraction of sp³-hybridized carbons (Fsp3) is 0.385. The minimum Gasteiger partial charge on any atom is -0.492 e. The Labute approximate surface area is 122 Å². The van der Waals surface area contributed by atoms with Gasteiger partial charge in [0.25, 0.3) is 0 Å². The van der Waals surface area contributed by atoms with Crippen LogP contribution in [0.2, 0.25) is 5.02 Å². The van der Waals surface area contributed by atoms with E-state index in [1.807, 2.05) is 6.92 Å². The first kappa shape index (κ1) is 16.1. The number of halogens is 1. The molecule has 1 aromatic carbocycles. The highest BCUT2D eigenvalue weighted by Crippen LogP contribution is 2.27. The Bertz CT molecular complexity index is 479. The molecule has 1 aromatic rings. The van der Waals surface area contributed by atoms with Crippen molar-refractivity contribution in [3.8, 4) is 5.75 Å². The summed E-state index contributed by atoms with van der Waals surface area (Å²) in [5.74, 6) is -0.406. The quantitative estimate of drug-likeness (QED) is 0.722. The second kappa shape index (κ2) is 8.27. The number of rotatable bonds is 7. The molecule has 0 heterocycles. The van der Waals surface area contributed by atoms with Crippen molar-refractivity contribution in [1.29, 1.82) is 0 Å². The maximum Gasteiger partial charge on any atom is 0.319 e. The van der Waals surface area contributed by atoms with Crippen molar-refractivity contribution in [3.63, 3.8) is 0 Å². The Morgan fingerprint density at radius 3 is 2.75 bits per heavy atom. The predicted octanol–water partition coefficient (Wildman–Crippen LogP) is 2.73. The van der Waals surface area contributed by atoms with Crippen LogP contribution in [0.5, 0.6) is 5.75 Å². The highest BCUT2D eigenvalue weighted by atomic mass is 35.5. The van der Waals surface area contributed by atoms with Crippen molar-refractivity contribution >= 4 is 29.3 Å². The van der Waals surface area contributed by atoms with Crippen molar-refractivity contribution < 1.29 is 19.4 Å². The van der Waals surface area contributed by atoms with Gasteiger partial charge in [0, 0.05) is 12.2 Å². The molecule has 3 N–H and O–H groups in total. The molecule has 7 heteroatoms. The largest absolute Gasteiger partial charge is 0.492 e. The minimum absolute atomic E-state index is 0.0621. The minimum atomic E-state index is -0.967. The van der Waals surface area contributed by atoms with Crippen LogP contribution in [0.1, 0.15) is 19.8 Å². The highest BCUT2D eigenvalue weighted by molar-refractivity contribution is 6.32. The smallest absolute Gasteiger partial charge is 0.319 e. The Kier molecular flexibility index (Phi) is 6.66. The summed E-state index contributed by atoms with van der Waals surface area (Å²) in [6, 6.07) is 4.42. The van der Waals surface area contributed by atoms with Crippen LogP contribution in [-0.4, -0.2) is 30.3 Å². The maximum atomic E-state index is 11.5. The number of nitrogens with one attached hydrogen (secondary N) is 2. The molecule has 0 bridgehead atoms. The Balaban J connectivity index is 2.49. The summed E-state index contributed by atoms with van der Waals surface area (Å²) in [4.78, 5) is 21.8. The Morgan fingerprint density at radius 1 is 1.40 bits per heavy atom. The van der Waals surface area contributed by atoms with Gasteiger partial charge in [0.05, 0.1) is 18.1 Å². The van der Waals surface area contributed by atoms with E-state index in [-0.39, 0.29) is 13.0 Å².